The number of piperidine rings is 1. The van der Waals surface area contributed by atoms with Gasteiger partial charge in [-0.15, -0.1) is 0 Å². The van der Waals surface area contributed by atoms with Gasteiger partial charge in [0.25, 0.3) is 0 Å². The predicted octanol–water partition coefficient (Wildman–Crippen LogP) is 2.28. The smallest absolute Gasteiger partial charge is 0.227 e. The van der Waals surface area contributed by atoms with Crippen molar-refractivity contribution in [2.45, 2.75) is 32.2 Å². The maximum atomic E-state index is 13.1. The molecule has 0 aliphatic carbocycles. The van der Waals surface area contributed by atoms with Crippen LogP contribution in [0.3, 0.4) is 0 Å². The van der Waals surface area contributed by atoms with Crippen molar-refractivity contribution in [3.8, 4) is 0 Å². The van der Waals surface area contributed by atoms with E-state index in [0.717, 1.165) is 31.6 Å². The maximum absolute atomic E-state index is 13.1. The second-order valence-electron chi connectivity index (χ2n) is 7.50. The third kappa shape index (κ3) is 4.52. The van der Waals surface area contributed by atoms with E-state index in [9.17, 15) is 14.0 Å². The van der Waals surface area contributed by atoms with Crippen molar-refractivity contribution in [2.75, 3.05) is 29.4 Å². The average Bonchev–Trinajstić information content (AvgIpc) is 3.15. The minimum Gasteiger partial charge on any atom is -0.350 e. The molecule has 1 unspecified atom stereocenters. The number of hydrogen-bond donors (Lipinski definition) is 1. The fourth-order valence-electron chi connectivity index (χ4n) is 3.81. The monoisotopic (exact) mass is 397 g/mol. The molecule has 2 aliphatic heterocycles. The van der Waals surface area contributed by atoms with Crippen LogP contribution in [0.5, 0.6) is 0 Å². The van der Waals surface area contributed by atoms with E-state index < -0.39 is 5.92 Å². The molecular weight excluding hydrogens is 373 g/mol. The number of nitrogens with one attached hydrogen (secondary N) is 1. The molecule has 8 heteroatoms. The van der Waals surface area contributed by atoms with Crippen LogP contribution in [-0.4, -0.2) is 41.4 Å². The van der Waals surface area contributed by atoms with Crippen molar-refractivity contribution < 1.29 is 14.0 Å². The number of hydrogen-bond acceptors (Lipinski definition) is 5. The van der Waals surface area contributed by atoms with Crippen molar-refractivity contribution >= 4 is 23.5 Å². The molecule has 1 aromatic heterocycles. The molecule has 0 bridgehead atoms. The number of rotatable bonds is 5. The predicted molar refractivity (Wildman–Crippen MR) is 107 cm³/mol. The normalized spacial score (nSPS) is 19.5. The molecule has 1 aromatic carbocycles. The van der Waals surface area contributed by atoms with E-state index in [1.807, 2.05) is 0 Å². The summed E-state index contributed by atoms with van der Waals surface area (Å²) in [5.41, 5.74) is 1.35. The van der Waals surface area contributed by atoms with Gasteiger partial charge in [0.05, 0.1) is 18.2 Å². The van der Waals surface area contributed by atoms with Crippen LogP contribution in [0.2, 0.25) is 0 Å². The number of halogens is 1. The quantitative estimate of drug-likeness (QED) is 0.838. The fraction of sp³-hybridized carbons (Fsp3) is 0.429. The Hall–Kier alpha value is -3.03. The number of benzene rings is 1. The molecule has 2 aromatic rings. The Morgan fingerprint density at radius 1 is 1.14 bits per heavy atom. The minimum absolute atomic E-state index is 0.133. The summed E-state index contributed by atoms with van der Waals surface area (Å²) in [5.74, 6) is -0.401. The molecule has 3 heterocycles. The first-order valence-electron chi connectivity index (χ1n) is 10.0. The van der Waals surface area contributed by atoms with Crippen LogP contribution < -0.4 is 15.1 Å². The first-order valence-corrected chi connectivity index (χ1v) is 10.0. The zero-order valence-corrected chi connectivity index (χ0v) is 16.2. The lowest BCUT2D eigenvalue weighted by Gasteiger charge is -2.26. The highest BCUT2D eigenvalue weighted by Crippen LogP contribution is 2.25. The van der Waals surface area contributed by atoms with Crippen LogP contribution in [0.25, 0.3) is 0 Å². The molecule has 1 N–H and O–H groups in total. The number of nitrogens with zero attached hydrogens (tertiary/aromatic N) is 4. The van der Waals surface area contributed by atoms with Crippen LogP contribution >= 0.6 is 0 Å². The summed E-state index contributed by atoms with van der Waals surface area (Å²) in [7, 11) is 0. The van der Waals surface area contributed by atoms with E-state index in [0.29, 0.717) is 24.7 Å². The molecule has 2 fully saturated rings. The van der Waals surface area contributed by atoms with Crippen LogP contribution in [0.4, 0.5) is 16.0 Å². The average molecular weight is 397 g/mol. The molecule has 29 heavy (non-hydrogen) atoms. The lowest BCUT2D eigenvalue weighted by atomic mass is 10.1. The fourth-order valence-corrected chi connectivity index (χ4v) is 3.81. The highest BCUT2D eigenvalue weighted by molar-refractivity contribution is 6.00. The molecule has 0 radical (unpaired) electrons. The molecule has 0 saturated carbocycles. The SMILES string of the molecule is O=C(NCc1ccnc(N2CCCCC2)n1)C1CC(=O)N(c2ccc(F)cc2)C1. The van der Waals surface area contributed by atoms with Gasteiger partial charge in [-0.3, -0.25) is 9.59 Å². The molecule has 1 atom stereocenters. The van der Waals surface area contributed by atoms with Crippen molar-refractivity contribution in [3.05, 3.63) is 48.0 Å². The van der Waals surface area contributed by atoms with Crippen LogP contribution in [0.15, 0.2) is 36.5 Å². The molecule has 2 aliphatic rings. The van der Waals surface area contributed by atoms with Gasteiger partial charge in [0.1, 0.15) is 5.82 Å². The van der Waals surface area contributed by atoms with Gasteiger partial charge in [0.15, 0.2) is 0 Å². The van der Waals surface area contributed by atoms with Crippen molar-refractivity contribution in [1.29, 1.82) is 0 Å². The van der Waals surface area contributed by atoms with Gasteiger partial charge < -0.3 is 15.1 Å². The summed E-state index contributed by atoms with van der Waals surface area (Å²) in [5, 5.41) is 2.89. The minimum atomic E-state index is -0.434. The highest BCUT2D eigenvalue weighted by Gasteiger charge is 2.35. The maximum Gasteiger partial charge on any atom is 0.227 e. The number of carbonyl (C=O) groups is 2. The summed E-state index contributed by atoms with van der Waals surface area (Å²) in [6, 6.07) is 7.52. The number of aromatic nitrogens is 2. The molecule has 2 amide bonds. The first-order chi connectivity index (χ1) is 14.1. The van der Waals surface area contributed by atoms with E-state index in [1.54, 1.807) is 24.4 Å². The highest BCUT2D eigenvalue weighted by atomic mass is 19.1. The van der Waals surface area contributed by atoms with Crippen LogP contribution in [0, 0.1) is 11.7 Å². The molecule has 0 spiro atoms. The summed E-state index contributed by atoms with van der Waals surface area (Å²) < 4.78 is 13.1. The number of anilines is 2. The summed E-state index contributed by atoms with van der Waals surface area (Å²) in [4.78, 5) is 37.5. The largest absolute Gasteiger partial charge is 0.350 e. The van der Waals surface area contributed by atoms with Crippen molar-refractivity contribution in [1.82, 2.24) is 15.3 Å². The molecule has 4 rings (SSSR count). The summed E-state index contributed by atoms with van der Waals surface area (Å²) in [6.07, 6.45) is 5.39. The van der Waals surface area contributed by atoms with Crippen LogP contribution in [-0.2, 0) is 16.1 Å². The lowest BCUT2D eigenvalue weighted by Crippen LogP contribution is -2.33. The van der Waals surface area contributed by atoms with Crippen molar-refractivity contribution in [3.63, 3.8) is 0 Å². The van der Waals surface area contributed by atoms with E-state index in [2.05, 4.69) is 20.2 Å². The lowest BCUT2D eigenvalue weighted by molar-refractivity contribution is -0.126. The topological polar surface area (TPSA) is 78.4 Å². The summed E-state index contributed by atoms with van der Waals surface area (Å²) >= 11 is 0. The van der Waals surface area contributed by atoms with Crippen LogP contribution in [0.1, 0.15) is 31.4 Å². The van der Waals surface area contributed by atoms with Gasteiger partial charge in [0, 0.05) is 37.9 Å². The zero-order chi connectivity index (χ0) is 20.2. The van der Waals surface area contributed by atoms with E-state index in [4.69, 9.17) is 0 Å². The zero-order valence-electron chi connectivity index (χ0n) is 16.2. The third-order valence-electron chi connectivity index (χ3n) is 5.42. The molecular formula is C21H24FN5O2. The Labute approximate surface area is 168 Å². The van der Waals surface area contributed by atoms with Gasteiger partial charge in [-0.25, -0.2) is 14.4 Å². The van der Waals surface area contributed by atoms with Crippen molar-refractivity contribution in [2.24, 2.45) is 5.92 Å². The van der Waals surface area contributed by atoms with E-state index >= 15 is 0 Å². The van der Waals surface area contributed by atoms with Gasteiger partial charge in [0.2, 0.25) is 17.8 Å². The number of amides is 2. The van der Waals surface area contributed by atoms with Gasteiger partial charge in [-0.2, -0.15) is 0 Å². The Bertz CT molecular complexity index is 883. The Kier molecular flexibility index (Phi) is 5.69. The Morgan fingerprint density at radius 3 is 2.66 bits per heavy atom. The van der Waals surface area contributed by atoms with E-state index in [-0.39, 0.29) is 24.1 Å². The van der Waals surface area contributed by atoms with Gasteiger partial charge in [-0.1, -0.05) is 0 Å². The van der Waals surface area contributed by atoms with Gasteiger partial charge >= 0.3 is 0 Å². The Morgan fingerprint density at radius 2 is 1.90 bits per heavy atom. The second kappa shape index (κ2) is 8.55. The summed E-state index contributed by atoms with van der Waals surface area (Å²) in [6.45, 7) is 2.50. The molecule has 2 saturated heterocycles. The van der Waals surface area contributed by atoms with Gasteiger partial charge in [-0.05, 0) is 49.6 Å². The molecule has 7 nitrogen and oxygen atoms in total. The standard InChI is InChI=1S/C21H24FN5O2/c22-16-4-6-18(7-5-16)27-14-15(12-19(27)28)20(29)24-13-17-8-9-23-21(25-17)26-10-2-1-3-11-26/h4-9,15H,1-3,10-14H2,(H,24,29). The number of carbonyl (C=O) groups excluding carboxylic acids is 2. The molecule has 152 valence electrons. The second-order valence-corrected chi connectivity index (χ2v) is 7.50. The van der Waals surface area contributed by atoms with E-state index in [1.165, 1.54) is 23.5 Å². The Balaban J connectivity index is 1.34. The third-order valence-corrected chi connectivity index (χ3v) is 5.42. The first kappa shape index (κ1) is 19.3.